The monoisotopic (exact) mass is 367 g/mol. The lowest BCUT2D eigenvalue weighted by atomic mass is 10.1. The molecule has 0 aromatic heterocycles. The number of nitrogens with one attached hydrogen (secondary N) is 1. The summed E-state index contributed by atoms with van der Waals surface area (Å²) < 4.78 is 0. The number of hydrogen-bond donors (Lipinski definition) is 1. The second-order valence-corrected chi connectivity index (χ2v) is 7.16. The van der Waals surface area contributed by atoms with Gasteiger partial charge in [-0.3, -0.25) is 14.9 Å². The van der Waals surface area contributed by atoms with Gasteiger partial charge in [-0.15, -0.1) is 0 Å². The molecule has 1 heterocycles. The lowest BCUT2D eigenvalue weighted by Gasteiger charge is -2.01. The van der Waals surface area contributed by atoms with Crippen LogP contribution in [0.25, 0.3) is 6.08 Å². The number of thioether (sulfide) groups is 1. The zero-order chi connectivity index (χ0) is 18.8. The molecule has 1 N–H and O–H groups in total. The van der Waals surface area contributed by atoms with Crippen LogP contribution < -0.4 is 5.32 Å². The number of carbonyl (C=O) groups is 1. The Morgan fingerprint density at radius 2 is 1.81 bits per heavy atom. The van der Waals surface area contributed by atoms with E-state index in [9.17, 15) is 14.9 Å². The van der Waals surface area contributed by atoms with E-state index in [1.54, 1.807) is 12.1 Å². The van der Waals surface area contributed by atoms with E-state index in [0.717, 1.165) is 22.4 Å². The van der Waals surface area contributed by atoms with E-state index in [2.05, 4.69) is 16.4 Å². The third-order valence-electron chi connectivity index (χ3n) is 3.85. The van der Waals surface area contributed by atoms with Crippen molar-refractivity contribution in [2.24, 2.45) is 4.99 Å². The second-order valence-electron chi connectivity index (χ2n) is 6.13. The standard InChI is InChI=1S/C19H17N3O3S/c1-11-6-12(2)8-15(7-11)20-19-21-18(23)17(26-19)10-14-9-16(22(24)25)5-4-13(14)3/h4-10H,1-3H3,(H,20,21,23)/b17-10-. The minimum Gasteiger partial charge on any atom is -0.300 e. The molecule has 1 fully saturated rings. The van der Waals surface area contributed by atoms with Crippen LogP contribution in [0, 0.1) is 30.9 Å². The van der Waals surface area contributed by atoms with Crippen molar-refractivity contribution >= 4 is 40.3 Å². The number of nitrogens with zero attached hydrogens (tertiary/aromatic N) is 2. The highest BCUT2D eigenvalue weighted by atomic mass is 32.2. The number of nitro groups is 1. The molecule has 2 aromatic rings. The number of aliphatic imine (C=N–C) groups is 1. The Morgan fingerprint density at radius 1 is 1.12 bits per heavy atom. The lowest BCUT2D eigenvalue weighted by Crippen LogP contribution is -2.19. The van der Waals surface area contributed by atoms with Crippen LogP contribution in [0.2, 0.25) is 0 Å². The van der Waals surface area contributed by atoms with E-state index in [0.29, 0.717) is 15.6 Å². The molecule has 0 bridgehead atoms. The molecule has 0 aliphatic carbocycles. The predicted octanol–water partition coefficient (Wildman–Crippen LogP) is 4.41. The number of amidine groups is 1. The Morgan fingerprint density at radius 3 is 2.46 bits per heavy atom. The van der Waals surface area contributed by atoms with Crippen LogP contribution in [0.1, 0.15) is 22.3 Å². The lowest BCUT2D eigenvalue weighted by molar-refractivity contribution is -0.384. The molecule has 0 unspecified atom stereocenters. The summed E-state index contributed by atoms with van der Waals surface area (Å²) >= 11 is 1.22. The quantitative estimate of drug-likeness (QED) is 0.495. The van der Waals surface area contributed by atoms with Crippen molar-refractivity contribution in [1.82, 2.24) is 5.32 Å². The van der Waals surface area contributed by atoms with Crippen molar-refractivity contribution in [1.29, 1.82) is 0 Å². The van der Waals surface area contributed by atoms with Crippen LogP contribution >= 0.6 is 11.8 Å². The van der Waals surface area contributed by atoms with Gasteiger partial charge in [0.1, 0.15) is 0 Å². The third kappa shape index (κ3) is 4.00. The fourth-order valence-electron chi connectivity index (χ4n) is 2.65. The number of non-ortho nitro benzene ring substituents is 1. The SMILES string of the molecule is Cc1cc(C)cc(N=C2NC(=O)/C(=C/c3cc([N+](=O)[O-])ccc3C)S2)c1. The van der Waals surface area contributed by atoms with Crippen molar-refractivity contribution in [3.63, 3.8) is 0 Å². The Balaban J connectivity index is 1.90. The summed E-state index contributed by atoms with van der Waals surface area (Å²) in [5, 5.41) is 14.2. The van der Waals surface area contributed by atoms with Crippen molar-refractivity contribution in [3.8, 4) is 0 Å². The fraction of sp³-hybridized carbons (Fsp3) is 0.158. The molecular formula is C19H17N3O3S. The first kappa shape index (κ1) is 17.9. The highest BCUT2D eigenvalue weighted by molar-refractivity contribution is 8.18. The molecule has 1 amide bonds. The summed E-state index contributed by atoms with van der Waals surface area (Å²) in [5.74, 6) is -0.260. The molecule has 0 radical (unpaired) electrons. The van der Waals surface area contributed by atoms with E-state index >= 15 is 0 Å². The van der Waals surface area contributed by atoms with Gasteiger partial charge in [0.05, 0.1) is 15.5 Å². The Kier molecular flexibility index (Phi) is 4.90. The topological polar surface area (TPSA) is 84.6 Å². The van der Waals surface area contributed by atoms with Gasteiger partial charge >= 0.3 is 0 Å². The van der Waals surface area contributed by atoms with Gasteiger partial charge in [0, 0.05) is 12.1 Å². The van der Waals surface area contributed by atoms with Crippen molar-refractivity contribution in [2.75, 3.05) is 0 Å². The predicted molar refractivity (Wildman–Crippen MR) is 105 cm³/mol. The summed E-state index contributed by atoms with van der Waals surface area (Å²) in [6.45, 7) is 5.83. The molecule has 6 nitrogen and oxygen atoms in total. The Hall–Kier alpha value is -2.93. The van der Waals surface area contributed by atoms with Crippen molar-refractivity contribution in [2.45, 2.75) is 20.8 Å². The molecule has 1 aliphatic rings. The maximum atomic E-state index is 12.2. The van der Waals surface area contributed by atoms with Gasteiger partial charge < -0.3 is 5.32 Å². The van der Waals surface area contributed by atoms with E-state index in [1.807, 2.05) is 32.9 Å². The summed E-state index contributed by atoms with van der Waals surface area (Å²) in [4.78, 5) is 27.7. The van der Waals surface area contributed by atoms with E-state index in [4.69, 9.17) is 0 Å². The molecule has 1 aliphatic heterocycles. The number of benzene rings is 2. The summed E-state index contributed by atoms with van der Waals surface area (Å²) in [6, 6.07) is 10.5. The maximum Gasteiger partial charge on any atom is 0.270 e. The van der Waals surface area contributed by atoms with E-state index in [-0.39, 0.29) is 11.6 Å². The Bertz CT molecular complexity index is 960. The number of aryl methyl sites for hydroxylation is 3. The van der Waals surface area contributed by atoms with Crippen LogP contribution in [0.3, 0.4) is 0 Å². The van der Waals surface area contributed by atoms with Gasteiger partial charge in [0.15, 0.2) is 5.17 Å². The molecule has 0 atom stereocenters. The molecule has 1 saturated heterocycles. The zero-order valence-corrected chi connectivity index (χ0v) is 15.4. The second kappa shape index (κ2) is 7.13. The van der Waals surface area contributed by atoms with Gasteiger partial charge in [0.25, 0.3) is 11.6 Å². The summed E-state index contributed by atoms with van der Waals surface area (Å²) in [5.41, 5.74) is 4.47. The smallest absolute Gasteiger partial charge is 0.270 e. The van der Waals surface area contributed by atoms with Crippen LogP contribution in [0.15, 0.2) is 46.3 Å². The molecule has 0 saturated carbocycles. The highest BCUT2D eigenvalue weighted by Gasteiger charge is 2.24. The first-order chi connectivity index (χ1) is 12.3. The molecule has 7 heteroatoms. The van der Waals surface area contributed by atoms with Gasteiger partial charge in [-0.25, -0.2) is 4.99 Å². The van der Waals surface area contributed by atoms with Crippen LogP contribution in [-0.2, 0) is 4.79 Å². The number of nitro benzene ring substituents is 1. The van der Waals surface area contributed by atoms with Crippen LogP contribution in [-0.4, -0.2) is 16.0 Å². The summed E-state index contributed by atoms with van der Waals surface area (Å²) in [6.07, 6.45) is 1.66. The first-order valence-corrected chi connectivity index (χ1v) is 8.76. The number of carbonyl (C=O) groups excluding carboxylic acids is 1. The van der Waals surface area contributed by atoms with E-state index < -0.39 is 4.92 Å². The van der Waals surface area contributed by atoms with Gasteiger partial charge in [-0.2, -0.15) is 0 Å². The van der Waals surface area contributed by atoms with Crippen LogP contribution in [0.4, 0.5) is 11.4 Å². The van der Waals surface area contributed by atoms with Crippen molar-refractivity contribution < 1.29 is 9.72 Å². The number of hydrogen-bond acceptors (Lipinski definition) is 5. The maximum absolute atomic E-state index is 12.2. The van der Waals surface area contributed by atoms with Gasteiger partial charge in [0.2, 0.25) is 0 Å². The van der Waals surface area contributed by atoms with E-state index in [1.165, 1.54) is 23.9 Å². The number of amides is 1. The third-order valence-corrected chi connectivity index (χ3v) is 4.76. The zero-order valence-electron chi connectivity index (χ0n) is 14.6. The normalized spacial score (nSPS) is 17.0. The van der Waals surface area contributed by atoms with Gasteiger partial charge in [-0.05, 0) is 73.0 Å². The minimum absolute atomic E-state index is 0.00465. The Labute approximate surface area is 155 Å². The molecule has 0 spiro atoms. The average molecular weight is 367 g/mol. The molecular weight excluding hydrogens is 350 g/mol. The van der Waals surface area contributed by atoms with Gasteiger partial charge in [-0.1, -0.05) is 12.1 Å². The average Bonchev–Trinajstić information content (AvgIpc) is 2.87. The molecule has 3 rings (SSSR count). The molecule has 2 aromatic carbocycles. The highest BCUT2D eigenvalue weighted by Crippen LogP contribution is 2.30. The molecule has 26 heavy (non-hydrogen) atoms. The molecule has 132 valence electrons. The summed E-state index contributed by atoms with van der Waals surface area (Å²) in [7, 11) is 0. The largest absolute Gasteiger partial charge is 0.300 e. The fourth-order valence-corrected chi connectivity index (χ4v) is 3.48. The first-order valence-electron chi connectivity index (χ1n) is 7.95. The van der Waals surface area contributed by atoms with Crippen molar-refractivity contribution in [3.05, 3.63) is 73.7 Å². The van der Waals surface area contributed by atoms with Crippen LogP contribution in [0.5, 0.6) is 0 Å². The number of rotatable bonds is 3. The minimum atomic E-state index is -0.448.